The number of aromatic nitrogens is 1. The van der Waals surface area contributed by atoms with E-state index >= 15 is 0 Å². The molecule has 1 heterocycles. The molecule has 0 fully saturated rings. The van der Waals surface area contributed by atoms with Gasteiger partial charge in [-0.2, -0.15) is 0 Å². The third-order valence-corrected chi connectivity index (χ3v) is 4.55. The van der Waals surface area contributed by atoms with Crippen LogP contribution in [0.5, 0.6) is 5.75 Å². The molecule has 0 saturated heterocycles. The van der Waals surface area contributed by atoms with Crippen molar-refractivity contribution in [3.63, 3.8) is 0 Å². The number of ether oxygens (including phenoxy) is 1. The first-order valence-corrected chi connectivity index (χ1v) is 8.09. The lowest BCUT2D eigenvalue weighted by Gasteiger charge is -2.13. The fourth-order valence-corrected chi connectivity index (χ4v) is 3.09. The summed E-state index contributed by atoms with van der Waals surface area (Å²) in [6.45, 7) is 7.26. The molecule has 108 valence electrons. The molecule has 3 nitrogen and oxygen atoms in total. The molecule has 0 amide bonds. The Morgan fingerprint density at radius 3 is 2.65 bits per heavy atom. The second-order valence-corrected chi connectivity index (χ2v) is 7.40. The summed E-state index contributed by atoms with van der Waals surface area (Å²) < 4.78 is 6.25. The number of thiazole rings is 1. The Morgan fingerprint density at radius 1 is 1.30 bits per heavy atom. The molecular formula is C15H19BrN2OS. The van der Waals surface area contributed by atoms with E-state index in [1.807, 2.05) is 18.2 Å². The van der Waals surface area contributed by atoms with Crippen molar-refractivity contribution >= 4 is 33.0 Å². The van der Waals surface area contributed by atoms with Crippen LogP contribution >= 0.6 is 27.3 Å². The van der Waals surface area contributed by atoms with Crippen LogP contribution in [0.15, 0.2) is 28.1 Å². The van der Waals surface area contributed by atoms with E-state index < -0.39 is 0 Å². The van der Waals surface area contributed by atoms with Gasteiger partial charge in [0.25, 0.3) is 0 Å². The van der Waals surface area contributed by atoms with Crippen molar-refractivity contribution < 1.29 is 4.74 Å². The normalized spacial score (nSPS) is 11.4. The molecule has 0 unspecified atom stereocenters. The Balaban J connectivity index is 2.05. The van der Waals surface area contributed by atoms with Crippen LogP contribution in [0.1, 0.15) is 31.5 Å². The molecule has 1 N–H and O–H groups in total. The molecule has 0 radical (unpaired) electrons. The number of rotatable bonds is 4. The van der Waals surface area contributed by atoms with Gasteiger partial charge in [-0.15, -0.1) is 11.3 Å². The molecule has 0 atom stereocenters. The summed E-state index contributed by atoms with van der Waals surface area (Å²) in [6, 6.07) is 5.94. The van der Waals surface area contributed by atoms with Crippen molar-refractivity contribution in [2.75, 3.05) is 12.4 Å². The minimum Gasteiger partial charge on any atom is -0.497 e. The highest BCUT2D eigenvalue weighted by molar-refractivity contribution is 9.10. The third kappa shape index (κ3) is 3.96. The highest BCUT2D eigenvalue weighted by Gasteiger charge is 2.17. The van der Waals surface area contributed by atoms with Gasteiger partial charge < -0.3 is 10.1 Å². The van der Waals surface area contributed by atoms with E-state index in [1.165, 1.54) is 5.01 Å². The van der Waals surface area contributed by atoms with Crippen LogP contribution in [0.3, 0.4) is 0 Å². The predicted octanol–water partition coefficient (Wildman–Crippen LogP) is 4.82. The number of hydrogen-bond donors (Lipinski definition) is 1. The Kier molecular flexibility index (Phi) is 4.70. The van der Waals surface area contributed by atoms with Crippen LogP contribution in [0.25, 0.3) is 0 Å². The van der Waals surface area contributed by atoms with Crippen molar-refractivity contribution in [1.82, 2.24) is 4.98 Å². The summed E-state index contributed by atoms with van der Waals surface area (Å²) >= 11 is 5.19. The highest BCUT2D eigenvalue weighted by Crippen LogP contribution is 2.27. The lowest BCUT2D eigenvalue weighted by molar-refractivity contribution is 0.414. The van der Waals surface area contributed by atoms with E-state index in [1.54, 1.807) is 18.4 Å². The zero-order chi connectivity index (χ0) is 14.8. The maximum atomic E-state index is 5.25. The van der Waals surface area contributed by atoms with E-state index in [0.717, 1.165) is 21.6 Å². The van der Waals surface area contributed by atoms with Gasteiger partial charge in [0, 0.05) is 27.0 Å². The third-order valence-electron chi connectivity index (χ3n) is 2.77. The zero-order valence-electron chi connectivity index (χ0n) is 12.2. The highest BCUT2D eigenvalue weighted by atomic mass is 79.9. The number of hydrogen-bond acceptors (Lipinski definition) is 4. The second-order valence-electron chi connectivity index (χ2n) is 5.63. The van der Waals surface area contributed by atoms with Gasteiger partial charge in [-0.05, 0) is 12.1 Å². The van der Waals surface area contributed by atoms with Gasteiger partial charge in [0.05, 0.1) is 24.4 Å². The van der Waals surface area contributed by atoms with Gasteiger partial charge in [-0.25, -0.2) is 4.98 Å². The number of nitrogens with one attached hydrogen (secondary N) is 1. The van der Waals surface area contributed by atoms with Gasteiger partial charge in [-0.1, -0.05) is 36.7 Å². The fourth-order valence-electron chi connectivity index (χ4n) is 1.71. The number of benzene rings is 1. The minimum atomic E-state index is 0.113. The molecule has 20 heavy (non-hydrogen) atoms. The predicted molar refractivity (Wildman–Crippen MR) is 88.8 cm³/mol. The van der Waals surface area contributed by atoms with Crippen LogP contribution in [0.4, 0.5) is 5.69 Å². The van der Waals surface area contributed by atoms with E-state index in [9.17, 15) is 0 Å². The largest absolute Gasteiger partial charge is 0.497 e. The molecule has 5 heteroatoms. The summed E-state index contributed by atoms with van der Waals surface area (Å²) in [5, 5.41) is 6.66. The summed E-state index contributed by atoms with van der Waals surface area (Å²) in [5.74, 6) is 0.829. The zero-order valence-corrected chi connectivity index (χ0v) is 14.6. The molecular weight excluding hydrogens is 336 g/mol. The van der Waals surface area contributed by atoms with Crippen LogP contribution in [0.2, 0.25) is 0 Å². The number of halogens is 1. The lowest BCUT2D eigenvalue weighted by Crippen LogP contribution is -2.11. The molecule has 2 aromatic rings. The molecule has 1 aromatic heterocycles. The summed E-state index contributed by atoms with van der Waals surface area (Å²) in [6.07, 6.45) is 0. The monoisotopic (exact) mass is 354 g/mol. The van der Waals surface area contributed by atoms with Crippen molar-refractivity contribution in [2.45, 2.75) is 32.7 Å². The molecule has 0 aliphatic heterocycles. The van der Waals surface area contributed by atoms with Crippen molar-refractivity contribution in [1.29, 1.82) is 0 Å². The van der Waals surface area contributed by atoms with Crippen LogP contribution in [0, 0.1) is 0 Å². The molecule has 0 spiro atoms. The Bertz CT molecular complexity index is 590. The van der Waals surface area contributed by atoms with Gasteiger partial charge in [-0.3, -0.25) is 0 Å². The molecule has 0 aliphatic rings. The second kappa shape index (κ2) is 6.14. The molecule has 0 bridgehead atoms. The average Bonchev–Trinajstić information content (AvgIpc) is 2.84. The fraction of sp³-hybridized carbons (Fsp3) is 0.400. The van der Waals surface area contributed by atoms with Crippen LogP contribution in [-0.4, -0.2) is 12.1 Å². The van der Waals surface area contributed by atoms with Crippen LogP contribution in [-0.2, 0) is 12.0 Å². The van der Waals surface area contributed by atoms with E-state index in [2.05, 4.69) is 52.4 Å². The van der Waals surface area contributed by atoms with Gasteiger partial charge >= 0.3 is 0 Å². The van der Waals surface area contributed by atoms with Gasteiger partial charge in [0.1, 0.15) is 5.75 Å². The maximum absolute atomic E-state index is 5.25. The van der Waals surface area contributed by atoms with E-state index in [4.69, 9.17) is 4.74 Å². The Morgan fingerprint density at radius 2 is 2.05 bits per heavy atom. The summed E-state index contributed by atoms with van der Waals surface area (Å²) in [7, 11) is 1.67. The van der Waals surface area contributed by atoms with E-state index in [0.29, 0.717) is 6.54 Å². The Labute approximate surface area is 132 Å². The Hall–Kier alpha value is -1.07. The van der Waals surface area contributed by atoms with Crippen molar-refractivity contribution in [3.8, 4) is 5.75 Å². The number of anilines is 1. The molecule has 0 saturated carbocycles. The molecule has 0 aliphatic carbocycles. The summed E-state index contributed by atoms with van der Waals surface area (Å²) in [4.78, 5) is 4.67. The van der Waals surface area contributed by atoms with Crippen molar-refractivity contribution in [2.24, 2.45) is 0 Å². The minimum absolute atomic E-state index is 0.113. The van der Waals surface area contributed by atoms with Crippen molar-refractivity contribution in [3.05, 3.63) is 38.8 Å². The topological polar surface area (TPSA) is 34.1 Å². The first-order chi connectivity index (χ1) is 9.38. The molecule has 1 aromatic carbocycles. The smallest absolute Gasteiger partial charge is 0.122 e. The van der Waals surface area contributed by atoms with Gasteiger partial charge in [0.2, 0.25) is 0 Å². The summed E-state index contributed by atoms with van der Waals surface area (Å²) in [5.41, 5.74) is 2.20. The standard InChI is InChI=1S/C15H19BrN2OS/c1-15(2,3)14-18-12(9-20-14)8-17-11-5-10(16)6-13(7-11)19-4/h5-7,9,17H,8H2,1-4H3. The first kappa shape index (κ1) is 15.3. The number of nitrogens with zero attached hydrogens (tertiary/aromatic N) is 1. The lowest BCUT2D eigenvalue weighted by atomic mass is 9.98. The van der Waals surface area contributed by atoms with Crippen LogP contribution < -0.4 is 10.1 Å². The van der Waals surface area contributed by atoms with E-state index in [-0.39, 0.29) is 5.41 Å². The quantitative estimate of drug-likeness (QED) is 0.854. The SMILES string of the molecule is COc1cc(Br)cc(NCc2csc(C(C)(C)C)n2)c1. The average molecular weight is 355 g/mol. The molecule has 2 rings (SSSR count). The first-order valence-electron chi connectivity index (χ1n) is 6.42. The van der Waals surface area contributed by atoms with Gasteiger partial charge in [0.15, 0.2) is 0 Å². The number of methoxy groups -OCH3 is 1. The maximum Gasteiger partial charge on any atom is 0.122 e.